The van der Waals surface area contributed by atoms with Crippen LogP contribution in [-0.4, -0.2) is 20.7 Å². The van der Waals surface area contributed by atoms with Crippen molar-refractivity contribution in [2.45, 2.75) is 59.5 Å². The van der Waals surface area contributed by atoms with Crippen molar-refractivity contribution in [3.05, 3.63) is 46.5 Å². The predicted molar refractivity (Wildman–Crippen MR) is 103 cm³/mol. The molecule has 1 heterocycles. The highest BCUT2D eigenvalue weighted by Crippen LogP contribution is 2.29. The summed E-state index contributed by atoms with van der Waals surface area (Å²) in [5.41, 5.74) is 1.22. The standard InChI is InChI=1S/C19H28N4OS/c1-5-9-16-21-22-18(25)23(16)13-17(24)20-15(12-19(2,3)4)14-10-7-6-8-11-14/h6-8,10-11,15H,5,9,12-13H2,1-4H3,(H,20,24)(H,22,25)/t15-/m1/s1. The van der Waals surface area contributed by atoms with Crippen molar-refractivity contribution in [1.29, 1.82) is 0 Å². The van der Waals surface area contributed by atoms with E-state index in [0.717, 1.165) is 30.7 Å². The minimum Gasteiger partial charge on any atom is -0.348 e. The summed E-state index contributed by atoms with van der Waals surface area (Å²) < 4.78 is 2.28. The number of carbonyl (C=O) groups excluding carboxylic acids is 1. The van der Waals surface area contributed by atoms with Gasteiger partial charge in [0.2, 0.25) is 5.91 Å². The Bertz CT molecular complexity index is 743. The monoisotopic (exact) mass is 360 g/mol. The molecule has 2 aromatic rings. The SMILES string of the molecule is CCCc1n[nH]c(=S)n1CC(=O)N[C@H](CC(C)(C)C)c1ccccc1. The molecular formula is C19H28N4OS. The van der Waals surface area contributed by atoms with Crippen molar-refractivity contribution in [1.82, 2.24) is 20.1 Å². The molecule has 2 rings (SSSR count). The van der Waals surface area contributed by atoms with E-state index < -0.39 is 0 Å². The first-order valence-corrected chi connectivity index (χ1v) is 9.19. The van der Waals surface area contributed by atoms with E-state index in [0.29, 0.717) is 4.77 Å². The van der Waals surface area contributed by atoms with Gasteiger partial charge < -0.3 is 5.32 Å². The second-order valence-electron chi connectivity index (χ2n) is 7.58. The lowest BCUT2D eigenvalue weighted by Crippen LogP contribution is -2.34. The van der Waals surface area contributed by atoms with E-state index in [2.05, 4.69) is 55.3 Å². The molecule has 0 radical (unpaired) electrons. The number of amides is 1. The van der Waals surface area contributed by atoms with Crippen LogP contribution in [0.25, 0.3) is 0 Å². The summed E-state index contributed by atoms with van der Waals surface area (Å²) in [4.78, 5) is 12.7. The van der Waals surface area contributed by atoms with Crippen molar-refractivity contribution >= 4 is 18.1 Å². The summed E-state index contributed by atoms with van der Waals surface area (Å²) in [6, 6.07) is 10.1. The maximum atomic E-state index is 12.7. The number of hydrogen-bond acceptors (Lipinski definition) is 3. The lowest BCUT2D eigenvalue weighted by molar-refractivity contribution is -0.122. The maximum absolute atomic E-state index is 12.7. The Morgan fingerprint density at radius 3 is 2.60 bits per heavy atom. The largest absolute Gasteiger partial charge is 0.348 e. The number of aryl methyl sites for hydroxylation is 1. The summed E-state index contributed by atoms with van der Waals surface area (Å²) >= 11 is 5.27. The summed E-state index contributed by atoms with van der Waals surface area (Å²) in [6.07, 6.45) is 2.61. The average Bonchev–Trinajstić information content (AvgIpc) is 2.87. The Balaban J connectivity index is 2.15. The van der Waals surface area contributed by atoms with E-state index >= 15 is 0 Å². The zero-order chi connectivity index (χ0) is 18.4. The Morgan fingerprint density at radius 2 is 2.00 bits per heavy atom. The van der Waals surface area contributed by atoms with Crippen LogP contribution in [0.3, 0.4) is 0 Å². The molecule has 6 heteroatoms. The van der Waals surface area contributed by atoms with Gasteiger partial charge in [-0.15, -0.1) is 0 Å². The number of aromatic amines is 1. The minimum atomic E-state index is -0.0482. The van der Waals surface area contributed by atoms with Crippen molar-refractivity contribution in [2.75, 3.05) is 0 Å². The molecule has 0 unspecified atom stereocenters. The Hall–Kier alpha value is -1.95. The van der Waals surface area contributed by atoms with Gasteiger partial charge in [-0.05, 0) is 36.0 Å². The molecule has 5 nitrogen and oxygen atoms in total. The van der Waals surface area contributed by atoms with Crippen LogP contribution < -0.4 is 5.32 Å². The number of carbonyl (C=O) groups is 1. The van der Waals surface area contributed by atoms with Gasteiger partial charge in [0.05, 0.1) is 6.04 Å². The van der Waals surface area contributed by atoms with Crippen molar-refractivity contribution in [2.24, 2.45) is 5.41 Å². The number of H-pyrrole nitrogens is 1. The highest BCUT2D eigenvalue weighted by Gasteiger charge is 2.22. The van der Waals surface area contributed by atoms with Gasteiger partial charge >= 0.3 is 0 Å². The van der Waals surface area contributed by atoms with Gasteiger partial charge in [0, 0.05) is 6.42 Å². The molecule has 0 bridgehead atoms. The van der Waals surface area contributed by atoms with E-state index in [1.54, 1.807) is 4.57 Å². The van der Waals surface area contributed by atoms with Gasteiger partial charge in [0.15, 0.2) is 4.77 Å². The van der Waals surface area contributed by atoms with Gasteiger partial charge in [-0.25, -0.2) is 0 Å². The van der Waals surface area contributed by atoms with Crippen LogP contribution in [0.1, 0.15) is 58.0 Å². The van der Waals surface area contributed by atoms with E-state index in [9.17, 15) is 4.79 Å². The molecule has 1 atom stereocenters. The van der Waals surface area contributed by atoms with Crippen molar-refractivity contribution < 1.29 is 4.79 Å². The fourth-order valence-electron chi connectivity index (χ4n) is 2.86. The van der Waals surface area contributed by atoms with Crippen LogP contribution in [0.2, 0.25) is 0 Å². The summed E-state index contributed by atoms with van der Waals surface area (Å²) in [5.74, 6) is 0.780. The zero-order valence-electron chi connectivity index (χ0n) is 15.5. The molecule has 0 fully saturated rings. The van der Waals surface area contributed by atoms with Crippen LogP contribution in [0.5, 0.6) is 0 Å². The third-order valence-electron chi connectivity index (χ3n) is 3.97. The molecule has 1 amide bonds. The van der Waals surface area contributed by atoms with E-state index in [1.807, 2.05) is 18.2 Å². The van der Waals surface area contributed by atoms with Gasteiger partial charge in [-0.1, -0.05) is 58.0 Å². The topological polar surface area (TPSA) is 62.7 Å². The third-order valence-corrected chi connectivity index (χ3v) is 4.28. The number of benzene rings is 1. The van der Waals surface area contributed by atoms with Crippen LogP contribution in [0.15, 0.2) is 30.3 Å². The van der Waals surface area contributed by atoms with Gasteiger partial charge in [0.1, 0.15) is 12.4 Å². The van der Waals surface area contributed by atoms with Crippen molar-refractivity contribution in [3.8, 4) is 0 Å². The van der Waals surface area contributed by atoms with Crippen LogP contribution in [0.4, 0.5) is 0 Å². The molecule has 0 saturated carbocycles. The van der Waals surface area contributed by atoms with E-state index in [4.69, 9.17) is 12.2 Å². The molecule has 0 aliphatic carbocycles. The van der Waals surface area contributed by atoms with Crippen LogP contribution in [-0.2, 0) is 17.8 Å². The zero-order valence-corrected chi connectivity index (χ0v) is 16.3. The van der Waals surface area contributed by atoms with E-state index in [-0.39, 0.29) is 23.9 Å². The summed E-state index contributed by atoms with van der Waals surface area (Å²) in [7, 11) is 0. The summed E-state index contributed by atoms with van der Waals surface area (Å²) in [6.45, 7) is 8.82. The number of rotatable bonds is 7. The highest BCUT2D eigenvalue weighted by atomic mass is 32.1. The molecule has 1 aromatic heterocycles. The normalized spacial score (nSPS) is 12.8. The highest BCUT2D eigenvalue weighted by molar-refractivity contribution is 7.71. The van der Waals surface area contributed by atoms with E-state index in [1.165, 1.54) is 0 Å². The quantitative estimate of drug-likeness (QED) is 0.728. The number of hydrogen-bond donors (Lipinski definition) is 2. The first kappa shape index (κ1) is 19.4. The lowest BCUT2D eigenvalue weighted by atomic mass is 9.85. The summed E-state index contributed by atoms with van der Waals surface area (Å²) in [5, 5.41) is 10.2. The molecule has 1 aromatic carbocycles. The minimum absolute atomic E-state index is 0.0237. The first-order chi connectivity index (χ1) is 11.8. The Morgan fingerprint density at radius 1 is 1.32 bits per heavy atom. The van der Waals surface area contributed by atoms with Gasteiger partial charge in [0.25, 0.3) is 0 Å². The molecule has 136 valence electrons. The third kappa shape index (κ3) is 5.81. The van der Waals surface area contributed by atoms with Crippen molar-refractivity contribution in [3.63, 3.8) is 0 Å². The number of aromatic nitrogens is 3. The second-order valence-corrected chi connectivity index (χ2v) is 7.96. The molecule has 25 heavy (non-hydrogen) atoms. The smallest absolute Gasteiger partial charge is 0.240 e. The van der Waals surface area contributed by atoms with Gasteiger partial charge in [-0.3, -0.25) is 14.5 Å². The Kier molecular flexibility index (Phi) is 6.53. The molecule has 2 N–H and O–H groups in total. The molecule has 0 aliphatic rings. The van der Waals surface area contributed by atoms with Crippen LogP contribution >= 0.6 is 12.2 Å². The molecule has 0 spiro atoms. The molecular weight excluding hydrogens is 332 g/mol. The lowest BCUT2D eigenvalue weighted by Gasteiger charge is -2.27. The number of nitrogens with one attached hydrogen (secondary N) is 2. The first-order valence-electron chi connectivity index (χ1n) is 8.78. The Labute approximate surface area is 154 Å². The number of nitrogens with zero attached hydrogens (tertiary/aromatic N) is 2. The molecule has 0 aliphatic heterocycles. The predicted octanol–water partition coefficient (Wildman–Crippen LogP) is 4.19. The van der Waals surface area contributed by atoms with Crippen LogP contribution in [0, 0.1) is 10.2 Å². The van der Waals surface area contributed by atoms with Gasteiger partial charge in [-0.2, -0.15) is 5.10 Å². The average molecular weight is 361 g/mol. The maximum Gasteiger partial charge on any atom is 0.240 e. The fourth-order valence-corrected chi connectivity index (χ4v) is 3.08. The second kappa shape index (κ2) is 8.43. The fraction of sp³-hybridized carbons (Fsp3) is 0.526. The molecule has 0 saturated heterocycles.